The molecular formula is C20H25F2IN6O. The summed E-state index contributed by atoms with van der Waals surface area (Å²) in [5, 5.41) is 11.6. The number of nitrogens with one attached hydrogen (secondary N) is 1. The van der Waals surface area contributed by atoms with Gasteiger partial charge in [-0.25, -0.2) is 0 Å². The van der Waals surface area contributed by atoms with Crippen molar-refractivity contribution in [2.24, 2.45) is 4.99 Å². The van der Waals surface area contributed by atoms with Gasteiger partial charge >= 0.3 is 6.61 Å². The maximum absolute atomic E-state index is 12.3. The number of benzene rings is 1. The van der Waals surface area contributed by atoms with E-state index in [-0.39, 0.29) is 29.7 Å². The summed E-state index contributed by atoms with van der Waals surface area (Å²) in [6.07, 6.45) is 2.60. The van der Waals surface area contributed by atoms with Crippen LogP contribution in [0.1, 0.15) is 18.3 Å². The normalized spacial score (nSPS) is 11.4. The molecule has 162 valence electrons. The topological polar surface area (TPSA) is 67.0 Å². The predicted molar refractivity (Wildman–Crippen MR) is 123 cm³/mol. The minimum Gasteiger partial charge on any atom is -0.435 e. The van der Waals surface area contributed by atoms with Crippen LogP contribution in [0.2, 0.25) is 0 Å². The van der Waals surface area contributed by atoms with E-state index in [2.05, 4.69) is 25.2 Å². The number of nitrogens with zero attached hydrogens (tertiary/aromatic N) is 5. The van der Waals surface area contributed by atoms with Gasteiger partial charge in [0.05, 0.1) is 0 Å². The first kappa shape index (κ1) is 23.8. The van der Waals surface area contributed by atoms with Gasteiger partial charge in [-0.05, 0) is 36.8 Å². The van der Waals surface area contributed by atoms with Gasteiger partial charge in [0.15, 0.2) is 11.6 Å². The Morgan fingerprint density at radius 2 is 1.97 bits per heavy atom. The van der Waals surface area contributed by atoms with Crippen molar-refractivity contribution in [1.82, 2.24) is 24.8 Å². The molecule has 7 nitrogen and oxygen atoms in total. The van der Waals surface area contributed by atoms with Crippen molar-refractivity contribution in [3.05, 3.63) is 60.0 Å². The van der Waals surface area contributed by atoms with Crippen molar-refractivity contribution in [2.75, 3.05) is 20.1 Å². The number of ether oxygens (including phenoxy) is 1. The van der Waals surface area contributed by atoms with E-state index < -0.39 is 6.61 Å². The third kappa shape index (κ3) is 6.51. The number of aromatic nitrogens is 3. The van der Waals surface area contributed by atoms with Gasteiger partial charge in [-0.3, -0.25) is 9.39 Å². The van der Waals surface area contributed by atoms with Crippen LogP contribution < -0.4 is 10.1 Å². The highest BCUT2D eigenvalue weighted by atomic mass is 127. The van der Waals surface area contributed by atoms with Crippen molar-refractivity contribution in [3.8, 4) is 5.75 Å². The fraction of sp³-hybridized carbons (Fsp3) is 0.350. The summed E-state index contributed by atoms with van der Waals surface area (Å²) in [6, 6.07) is 12.4. The first-order chi connectivity index (χ1) is 14.1. The average molecular weight is 530 g/mol. The zero-order valence-corrected chi connectivity index (χ0v) is 19.2. The van der Waals surface area contributed by atoms with E-state index in [9.17, 15) is 8.78 Å². The Bertz CT molecular complexity index is 948. The summed E-state index contributed by atoms with van der Waals surface area (Å²) in [6.45, 7) is 1.06. The molecule has 1 N–H and O–H groups in total. The predicted octanol–water partition coefficient (Wildman–Crippen LogP) is 3.59. The molecule has 0 aliphatic heterocycles. The SMILES string of the molecule is CCNC(=NCCc1nnc2ccccn12)N(C)Cc1ccc(OC(F)F)cc1.I. The Balaban J connectivity index is 0.00000320. The number of alkyl halides is 2. The maximum Gasteiger partial charge on any atom is 0.387 e. The van der Waals surface area contributed by atoms with Gasteiger partial charge in [-0.15, -0.1) is 34.2 Å². The molecule has 0 saturated carbocycles. The molecule has 0 aliphatic rings. The molecule has 0 fully saturated rings. The highest BCUT2D eigenvalue weighted by molar-refractivity contribution is 14.0. The minimum atomic E-state index is -2.82. The van der Waals surface area contributed by atoms with E-state index >= 15 is 0 Å². The summed E-state index contributed by atoms with van der Waals surface area (Å²) in [7, 11) is 1.93. The Labute approximate surface area is 191 Å². The van der Waals surface area contributed by atoms with E-state index in [1.807, 2.05) is 47.7 Å². The van der Waals surface area contributed by atoms with E-state index in [1.54, 1.807) is 12.1 Å². The van der Waals surface area contributed by atoms with Crippen molar-refractivity contribution < 1.29 is 13.5 Å². The highest BCUT2D eigenvalue weighted by Gasteiger charge is 2.09. The zero-order chi connectivity index (χ0) is 20.6. The van der Waals surface area contributed by atoms with Gasteiger partial charge in [-0.1, -0.05) is 18.2 Å². The lowest BCUT2D eigenvalue weighted by atomic mass is 10.2. The molecule has 0 saturated heterocycles. The molecule has 10 heteroatoms. The van der Waals surface area contributed by atoms with Crippen LogP contribution in [-0.2, 0) is 13.0 Å². The Morgan fingerprint density at radius 3 is 2.67 bits per heavy atom. The average Bonchev–Trinajstić information content (AvgIpc) is 3.11. The Kier molecular flexibility index (Phi) is 9.21. The van der Waals surface area contributed by atoms with Crippen LogP contribution in [0.4, 0.5) is 8.78 Å². The van der Waals surface area contributed by atoms with E-state index in [0.717, 1.165) is 29.5 Å². The molecule has 2 aromatic heterocycles. The third-order valence-electron chi connectivity index (χ3n) is 4.25. The first-order valence-corrected chi connectivity index (χ1v) is 9.38. The molecule has 0 unspecified atom stereocenters. The number of fused-ring (bicyclic) bond motifs is 1. The van der Waals surface area contributed by atoms with Crippen LogP contribution in [0.3, 0.4) is 0 Å². The number of guanidine groups is 1. The Hall–Kier alpha value is -2.50. The van der Waals surface area contributed by atoms with Gasteiger partial charge in [0.25, 0.3) is 0 Å². The van der Waals surface area contributed by atoms with Gasteiger partial charge in [-0.2, -0.15) is 8.78 Å². The fourth-order valence-corrected chi connectivity index (χ4v) is 2.92. The van der Waals surface area contributed by atoms with Crippen molar-refractivity contribution >= 4 is 35.6 Å². The monoisotopic (exact) mass is 530 g/mol. The van der Waals surface area contributed by atoms with Gasteiger partial charge in [0.1, 0.15) is 11.6 Å². The molecule has 0 bridgehead atoms. The van der Waals surface area contributed by atoms with E-state index in [1.165, 1.54) is 12.1 Å². The number of hydrogen-bond donors (Lipinski definition) is 1. The maximum atomic E-state index is 12.3. The number of hydrogen-bond acceptors (Lipinski definition) is 4. The lowest BCUT2D eigenvalue weighted by Crippen LogP contribution is -2.38. The van der Waals surface area contributed by atoms with Crippen molar-refractivity contribution in [1.29, 1.82) is 0 Å². The number of rotatable bonds is 8. The lowest BCUT2D eigenvalue weighted by molar-refractivity contribution is -0.0498. The first-order valence-electron chi connectivity index (χ1n) is 9.38. The van der Waals surface area contributed by atoms with Crippen molar-refractivity contribution in [2.45, 2.75) is 26.5 Å². The van der Waals surface area contributed by atoms with Crippen LogP contribution in [-0.4, -0.2) is 52.2 Å². The summed E-state index contributed by atoms with van der Waals surface area (Å²) >= 11 is 0. The fourth-order valence-electron chi connectivity index (χ4n) is 2.92. The molecule has 2 heterocycles. The molecular weight excluding hydrogens is 505 g/mol. The minimum absolute atomic E-state index is 0. The molecule has 0 spiro atoms. The molecule has 3 rings (SSSR count). The van der Waals surface area contributed by atoms with E-state index in [0.29, 0.717) is 19.5 Å². The molecule has 0 aliphatic carbocycles. The second kappa shape index (κ2) is 11.6. The van der Waals surface area contributed by atoms with Crippen LogP contribution >= 0.6 is 24.0 Å². The van der Waals surface area contributed by atoms with Crippen LogP contribution in [0.5, 0.6) is 5.75 Å². The zero-order valence-electron chi connectivity index (χ0n) is 16.8. The molecule has 3 aromatic rings. The van der Waals surface area contributed by atoms with Gasteiger partial charge < -0.3 is 15.0 Å². The van der Waals surface area contributed by atoms with E-state index in [4.69, 9.17) is 0 Å². The standard InChI is InChI=1S/C20H24F2N6O.HI/c1-3-23-20(24-12-11-18-26-25-17-6-4-5-13-28(17)18)27(2)14-15-7-9-16(10-8-15)29-19(21)22;/h4-10,13,19H,3,11-12,14H2,1-2H3,(H,23,24);1H. The summed E-state index contributed by atoms with van der Waals surface area (Å²) in [5.74, 6) is 1.76. The summed E-state index contributed by atoms with van der Waals surface area (Å²) in [4.78, 5) is 6.66. The molecule has 30 heavy (non-hydrogen) atoms. The second-order valence-corrected chi connectivity index (χ2v) is 6.41. The highest BCUT2D eigenvalue weighted by Crippen LogP contribution is 2.15. The summed E-state index contributed by atoms with van der Waals surface area (Å²) < 4.78 is 30.9. The van der Waals surface area contributed by atoms with Gasteiger partial charge in [0.2, 0.25) is 0 Å². The van der Waals surface area contributed by atoms with Crippen LogP contribution in [0, 0.1) is 0 Å². The molecule has 0 amide bonds. The molecule has 0 radical (unpaired) electrons. The summed E-state index contributed by atoms with van der Waals surface area (Å²) in [5.41, 5.74) is 1.78. The third-order valence-corrected chi connectivity index (χ3v) is 4.25. The number of pyridine rings is 1. The molecule has 0 atom stereocenters. The molecule has 1 aromatic carbocycles. The number of halogens is 3. The van der Waals surface area contributed by atoms with Gasteiger partial charge in [0, 0.05) is 39.3 Å². The smallest absolute Gasteiger partial charge is 0.387 e. The lowest BCUT2D eigenvalue weighted by Gasteiger charge is -2.22. The second-order valence-electron chi connectivity index (χ2n) is 6.41. The van der Waals surface area contributed by atoms with Crippen LogP contribution in [0.15, 0.2) is 53.7 Å². The largest absolute Gasteiger partial charge is 0.435 e. The quantitative estimate of drug-likeness (QED) is 0.274. The van der Waals surface area contributed by atoms with Crippen molar-refractivity contribution in [3.63, 3.8) is 0 Å². The van der Waals surface area contributed by atoms with Crippen LogP contribution in [0.25, 0.3) is 5.65 Å². The number of aliphatic imine (C=N–C) groups is 1. The Morgan fingerprint density at radius 1 is 1.20 bits per heavy atom.